The second-order valence-corrected chi connectivity index (χ2v) is 7.21. The number of benzene rings is 2. The lowest BCUT2D eigenvalue weighted by molar-refractivity contribution is -0.122. The van der Waals surface area contributed by atoms with Gasteiger partial charge in [0.2, 0.25) is 0 Å². The number of nitrogens with one attached hydrogen (secondary N) is 2. The molecular weight excluding hydrogens is 358 g/mol. The van der Waals surface area contributed by atoms with E-state index < -0.39 is 6.10 Å². The average molecular weight is 377 g/mol. The van der Waals surface area contributed by atoms with Gasteiger partial charge in [-0.3, -0.25) is 10.1 Å². The van der Waals surface area contributed by atoms with Gasteiger partial charge in [0, 0.05) is 28.0 Å². The van der Waals surface area contributed by atoms with Crippen molar-refractivity contribution in [2.24, 2.45) is 0 Å². The highest BCUT2D eigenvalue weighted by Crippen LogP contribution is 2.31. The number of para-hydroxylation sites is 1. The molecular formula is C21H19N3O2S. The maximum absolute atomic E-state index is 12.4. The number of fused-ring (bicyclic) bond motifs is 1. The van der Waals surface area contributed by atoms with E-state index in [-0.39, 0.29) is 5.91 Å². The number of carbonyl (C=O) groups excluding carboxylic acids is 1. The Hall–Kier alpha value is -3.12. The molecule has 27 heavy (non-hydrogen) atoms. The van der Waals surface area contributed by atoms with Gasteiger partial charge in [0.25, 0.3) is 5.91 Å². The van der Waals surface area contributed by atoms with Gasteiger partial charge >= 0.3 is 0 Å². The number of anilines is 1. The van der Waals surface area contributed by atoms with Crippen LogP contribution in [0.3, 0.4) is 0 Å². The number of aryl methyl sites for hydroxylation is 1. The van der Waals surface area contributed by atoms with Crippen LogP contribution in [0.5, 0.6) is 5.75 Å². The lowest BCUT2D eigenvalue weighted by Gasteiger charge is -2.14. The molecule has 0 saturated heterocycles. The molecule has 0 aliphatic heterocycles. The summed E-state index contributed by atoms with van der Waals surface area (Å²) >= 11 is 1.40. The van der Waals surface area contributed by atoms with E-state index in [1.807, 2.05) is 61.0 Å². The van der Waals surface area contributed by atoms with E-state index in [0.717, 1.165) is 27.7 Å². The van der Waals surface area contributed by atoms with Crippen molar-refractivity contribution in [1.29, 1.82) is 0 Å². The third-order valence-corrected chi connectivity index (χ3v) is 5.03. The third-order valence-electron chi connectivity index (χ3n) is 4.27. The van der Waals surface area contributed by atoms with Crippen LogP contribution in [0.2, 0.25) is 0 Å². The van der Waals surface area contributed by atoms with Gasteiger partial charge in [0.15, 0.2) is 11.2 Å². The lowest BCUT2D eigenvalue weighted by atomic mass is 10.1. The zero-order chi connectivity index (χ0) is 18.8. The highest BCUT2D eigenvalue weighted by molar-refractivity contribution is 7.14. The monoisotopic (exact) mass is 377 g/mol. The van der Waals surface area contributed by atoms with E-state index in [2.05, 4.69) is 21.4 Å². The van der Waals surface area contributed by atoms with Crippen LogP contribution >= 0.6 is 11.3 Å². The summed E-state index contributed by atoms with van der Waals surface area (Å²) in [6, 6.07) is 15.7. The number of ether oxygens (including phenoxy) is 1. The number of H-pyrrole nitrogens is 1. The topological polar surface area (TPSA) is 67.0 Å². The Morgan fingerprint density at radius 2 is 2.07 bits per heavy atom. The van der Waals surface area contributed by atoms with Crippen molar-refractivity contribution in [3.8, 4) is 17.0 Å². The van der Waals surface area contributed by atoms with E-state index in [1.54, 1.807) is 6.92 Å². The molecule has 6 heteroatoms. The van der Waals surface area contributed by atoms with E-state index in [0.29, 0.717) is 10.9 Å². The molecule has 2 N–H and O–H groups in total. The molecule has 0 fully saturated rings. The number of thiazole rings is 1. The van der Waals surface area contributed by atoms with Crippen LogP contribution in [0.15, 0.2) is 60.1 Å². The Morgan fingerprint density at radius 3 is 2.93 bits per heavy atom. The Balaban J connectivity index is 1.46. The molecule has 1 atom stereocenters. The molecule has 0 aliphatic rings. The van der Waals surface area contributed by atoms with Crippen LogP contribution in [-0.4, -0.2) is 22.0 Å². The molecule has 0 bridgehead atoms. The van der Waals surface area contributed by atoms with Crippen LogP contribution in [0.25, 0.3) is 22.2 Å². The van der Waals surface area contributed by atoms with Crippen molar-refractivity contribution in [3.63, 3.8) is 0 Å². The number of rotatable bonds is 5. The molecule has 2 heterocycles. The number of amides is 1. The minimum Gasteiger partial charge on any atom is -0.481 e. The van der Waals surface area contributed by atoms with Gasteiger partial charge in [-0.25, -0.2) is 4.98 Å². The zero-order valence-electron chi connectivity index (χ0n) is 15.0. The number of carbonyl (C=O) groups is 1. The largest absolute Gasteiger partial charge is 0.481 e. The van der Waals surface area contributed by atoms with E-state index >= 15 is 0 Å². The van der Waals surface area contributed by atoms with Crippen molar-refractivity contribution < 1.29 is 9.53 Å². The Labute approximate surface area is 161 Å². The molecule has 0 aliphatic carbocycles. The first-order valence-electron chi connectivity index (χ1n) is 8.66. The summed E-state index contributed by atoms with van der Waals surface area (Å²) in [5, 5.41) is 6.45. The van der Waals surface area contributed by atoms with Crippen LogP contribution in [0.1, 0.15) is 12.5 Å². The molecule has 1 amide bonds. The fourth-order valence-corrected chi connectivity index (χ4v) is 3.61. The summed E-state index contributed by atoms with van der Waals surface area (Å²) in [4.78, 5) is 20.2. The minimum absolute atomic E-state index is 0.226. The number of hydrogen-bond donors (Lipinski definition) is 2. The van der Waals surface area contributed by atoms with Gasteiger partial charge in [0.1, 0.15) is 5.75 Å². The van der Waals surface area contributed by atoms with Crippen LogP contribution in [0.4, 0.5) is 5.13 Å². The summed E-state index contributed by atoms with van der Waals surface area (Å²) < 4.78 is 5.73. The molecule has 4 rings (SSSR count). The highest BCUT2D eigenvalue weighted by Gasteiger charge is 2.17. The summed E-state index contributed by atoms with van der Waals surface area (Å²) in [6.07, 6.45) is 1.32. The van der Waals surface area contributed by atoms with E-state index in [4.69, 9.17) is 4.74 Å². The van der Waals surface area contributed by atoms with Gasteiger partial charge in [-0.2, -0.15) is 0 Å². The summed E-state index contributed by atoms with van der Waals surface area (Å²) in [7, 11) is 0. The fraction of sp³-hybridized carbons (Fsp3) is 0.143. The molecule has 2 aromatic heterocycles. The first-order valence-corrected chi connectivity index (χ1v) is 9.54. The average Bonchev–Trinajstić information content (AvgIpc) is 3.28. The van der Waals surface area contributed by atoms with Gasteiger partial charge in [-0.05, 0) is 37.6 Å². The Bertz CT molecular complexity index is 1100. The van der Waals surface area contributed by atoms with E-state index in [1.165, 1.54) is 11.3 Å². The standard InChI is InChI=1S/C21H19N3O2S/c1-13-6-5-7-15(10-13)26-14(2)20(25)24-21-23-19(12-27-21)17-11-22-18-9-4-3-8-16(17)18/h3-12,14,22H,1-2H3,(H,23,24,25). The SMILES string of the molecule is Cc1cccc(OC(C)C(=O)Nc2nc(-c3c[nH]c4ccccc34)cs2)c1. The first-order chi connectivity index (χ1) is 13.1. The fourth-order valence-electron chi connectivity index (χ4n) is 2.89. The molecule has 4 aromatic rings. The van der Waals surface area contributed by atoms with E-state index in [9.17, 15) is 4.79 Å². The van der Waals surface area contributed by atoms with Crippen molar-refractivity contribution in [2.45, 2.75) is 20.0 Å². The Kier molecular flexibility index (Phi) is 4.64. The van der Waals surface area contributed by atoms with Gasteiger partial charge in [-0.15, -0.1) is 11.3 Å². The van der Waals surface area contributed by atoms with Crippen molar-refractivity contribution in [1.82, 2.24) is 9.97 Å². The van der Waals surface area contributed by atoms with Gasteiger partial charge in [0.05, 0.1) is 5.69 Å². The molecule has 5 nitrogen and oxygen atoms in total. The third kappa shape index (κ3) is 3.71. The minimum atomic E-state index is -0.618. The second kappa shape index (κ2) is 7.25. The molecule has 1 unspecified atom stereocenters. The summed E-state index contributed by atoms with van der Waals surface area (Å²) in [5.41, 5.74) is 4.00. The van der Waals surface area contributed by atoms with Crippen LogP contribution in [-0.2, 0) is 4.79 Å². The molecule has 0 radical (unpaired) electrons. The van der Waals surface area contributed by atoms with Gasteiger partial charge < -0.3 is 9.72 Å². The predicted octanol–water partition coefficient (Wildman–Crippen LogP) is 5.01. The normalized spacial score (nSPS) is 12.1. The summed E-state index contributed by atoms with van der Waals surface area (Å²) in [5.74, 6) is 0.451. The quantitative estimate of drug-likeness (QED) is 0.514. The van der Waals surface area contributed by atoms with Crippen LogP contribution < -0.4 is 10.1 Å². The predicted molar refractivity (Wildman–Crippen MR) is 109 cm³/mol. The van der Waals surface area contributed by atoms with Crippen molar-refractivity contribution in [2.75, 3.05) is 5.32 Å². The Morgan fingerprint density at radius 1 is 1.22 bits per heavy atom. The molecule has 136 valence electrons. The first kappa shape index (κ1) is 17.3. The maximum atomic E-state index is 12.4. The molecule has 0 saturated carbocycles. The number of hydrogen-bond acceptors (Lipinski definition) is 4. The van der Waals surface area contributed by atoms with Gasteiger partial charge in [-0.1, -0.05) is 30.3 Å². The maximum Gasteiger partial charge on any atom is 0.266 e. The smallest absolute Gasteiger partial charge is 0.266 e. The van der Waals surface area contributed by atoms with Crippen molar-refractivity contribution >= 4 is 33.3 Å². The van der Waals surface area contributed by atoms with Crippen LogP contribution in [0, 0.1) is 6.92 Å². The molecule has 2 aromatic carbocycles. The number of aromatic nitrogens is 2. The number of nitrogens with zero attached hydrogens (tertiary/aromatic N) is 1. The molecule has 0 spiro atoms. The zero-order valence-corrected chi connectivity index (χ0v) is 15.8. The highest BCUT2D eigenvalue weighted by atomic mass is 32.1. The second-order valence-electron chi connectivity index (χ2n) is 6.35. The summed E-state index contributed by atoms with van der Waals surface area (Å²) in [6.45, 7) is 3.71. The van der Waals surface area contributed by atoms with Crippen molar-refractivity contribution in [3.05, 3.63) is 65.7 Å². The number of aromatic amines is 1. The lowest BCUT2D eigenvalue weighted by Crippen LogP contribution is -2.30.